The Kier molecular flexibility index (Phi) is 5.12. The number of amides is 1. The summed E-state index contributed by atoms with van der Waals surface area (Å²) in [6.45, 7) is 3.19. The summed E-state index contributed by atoms with van der Waals surface area (Å²) in [4.78, 5) is 14.4. The van der Waals surface area contributed by atoms with Gasteiger partial charge in [0.1, 0.15) is 5.75 Å². The molecule has 2 aliphatic rings. The summed E-state index contributed by atoms with van der Waals surface area (Å²) in [6, 6.07) is 12.4. The van der Waals surface area contributed by atoms with Crippen molar-refractivity contribution in [3.63, 3.8) is 0 Å². The molecule has 1 fully saturated rings. The van der Waals surface area contributed by atoms with Crippen LogP contribution in [0.3, 0.4) is 0 Å². The molecule has 0 spiro atoms. The van der Waals surface area contributed by atoms with Crippen LogP contribution in [0, 0.1) is 5.92 Å². The number of benzene rings is 2. The standard InChI is InChI=1S/C21H24N2O4S/c1-2-27-20-6-4-3-5-17(20)14-22-28(25,26)18-9-10-19-16(13-18)11-12-23(19)21(24)15-7-8-15/h3-6,9-10,13,15,22H,2,7-8,11-12,14H2,1H3. The van der Waals surface area contributed by atoms with Gasteiger partial charge in [0.15, 0.2) is 0 Å². The zero-order valence-electron chi connectivity index (χ0n) is 15.8. The molecule has 28 heavy (non-hydrogen) atoms. The van der Waals surface area contributed by atoms with Gasteiger partial charge in [-0.1, -0.05) is 18.2 Å². The first-order chi connectivity index (χ1) is 13.5. The van der Waals surface area contributed by atoms with Crippen LogP contribution in [0.2, 0.25) is 0 Å². The van der Waals surface area contributed by atoms with E-state index in [4.69, 9.17) is 4.74 Å². The number of rotatable bonds is 7. The highest BCUT2D eigenvalue weighted by Gasteiger charge is 2.36. The Labute approximate surface area is 165 Å². The van der Waals surface area contributed by atoms with Crippen molar-refractivity contribution in [3.05, 3.63) is 53.6 Å². The summed E-state index contributed by atoms with van der Waals surface area (Å²) in [7, 11) is -3.66. The fourth-order valence-corrected chi connectivity index (χ4v) is 4.58. The quantitative estimate of drug-likeness (QED) is 0.775. The molecule has 2 aromatic rings. The molecular weight excluding hydrogens is 376 g/mol. The minimum Gasteiger partial charge on any atom is -0.494 e. The normalized spacial score (nSPS) is 16.1. The lowest BCUT2D eigenvalue weighted by molar-refractivity contribution is -0.119. The molecule has 1 aliphatic heterocycles. The van der Waals surface area contributed by atoms with E-state index in [9.17, 15) is 13.2 Å². The molecule has 0 unspecified atom stereocenters. The van der Waals surface area contributed by atoms with Crippen LogP contribution in [0.4, 0.5) is 5.69 Å². The van der Waals surface area contributed by atoms with Gasteiger partial charge < -0.3 is 9.64 Å². The molecule has 1 heterocycles. The number of ether oxygens (including phenoxy) is 1. The van der Waals surface area contributed by atoms with Crippen molar-refractivity contribution in [2.75, 3.05) is 18.1 Å². The molecule has 1 amide bonds. The highest BCUT2D eigenvalue weighted by atomic mass is 32.2. The second-order valence-electron chi connectivity index (χ2n) is 7.17. The molecular formula is C21H24N2O4S. The summed E-state index contributed by atoms with van der Waals surface area (Å²) in [5.74, 6) is 0.998. The predicted molar refractivity (Wildman–Crippen MR) is 107 cm³/mol. The minimum absolute atomic E-state index is 0.154. The number of carbonyl (C=O) groups excluding carboxylic acids is 1. The van der Waals surface area contributed by atoms with Gasteiger partial charge in [-0.05, 0) is 56.0 Å². The maximum absolute atomic E-state index is 12.8. The summed E-state index contributed by atoms with van der Waals surface area (Å²) in [6.07, 6.45) is 2.61. The first kappa shape index (κ1) is 19.0. The second-order valence-corrected chi connectivity index (χ2v) is 8.94. The van der Waals surface area contributed by atoms with E-state index in [1.165, 1.54) is 0 Å². The van der Waals surface area contributed by atoms with Crippen LogP contribution < -0.4 is 14.4 Å². The van der Waals surface area contributed by atoms with Gasteiger partial charge in [0, 0.05) is 30.3 Å². The topological polar surface area (TPSA) is 75.7 Å². The predicted octanol–water partition coefficient (Wildman–Crippen LogP) is 2.86. The van der Waals surface area contributed by atoms with Crippen LogP contribution in [0.1, 0.15) is 30.9 Å². The molecule has 0 saturated heterocycles. The van der Waals surface area contributed by atoms with Crippen LogP contribution in [0.25, 0.3) is 0 Å². The van der Waals surface area contributed by atoms with Gasteiger partial charge >= 0.3 is 0 Å². The molecule has 1 aliphatic carbocycles. The van der Waals surface area contributed by atoms with Gasteiger partial charge in [0.05, 0.1) is 11.5 Å². The maximum atomic E-state index is 12.8. The first-order valence-corrected chi connectivity index (χ1v) is 11.1. The zero-order valence-corrected chi connectivity index (χ0v) is 16.7. The third kappa shape index (κ3) is 3.77. The molecule has 0 atom stereocenters. The molecule has 4 rings (SSSR count). The van der Waals surface area contributed by atoms with E-state index in [0.717, 1.165) is 29.7 Å². The lowest BCUT2D eigenvalue weighted by atomic mass is 10.2. The molecule has 0 aromatic heterocycles. The lowest BCUT2D eigenvalue weighted by Gasteiger charge is -2.17. The fourth-order valence-electron chi connectivity index (χ4n) is 3.53. The summed E-state index contributed by atoms with van der Waals surface area (Å²) in [5, 5.41) is 0. The molecule has 1 saturated carbocycles. The number of carbonyl (C=O) groups is 1. The zero-order chi connectivity index (χ0) is 19.7. The Balaban J connectivity index is 1.50. The van der Waals surface area contributed by atoms with Gasteiger partial charge in [-0.15, -0.1) is 0 Å². The molecule has 6 nitrogen and oxygen atoms in total. The van der Waals surface area contributed by atoms with E-state index >= 15 is 0 Å². The molecule has 0 radical (unpaired) electrons. The van der Waals surface area contributed by atoms with Crippen molar-refractivity contribution in [2.45, 2.75) is 37.6 Å². The Bertz CT molecular complexity index is 999. The average Bonchev–Trinajstić information content (AvgIpc) is 3.46. The van der Waals surface area contributed by atoms with E-state index in [1.54, 1.807) is 23.1 Å². The van der Waals surface area contributed by atoms with Crippen molar-refractivity contribution in [2.24, 2.45) is 5.92 Å². The Morgan fingerprint density at radius 1 is 1.21 bits per heavy atom. The number of hydrogen-bond acceptors (Lipinski definition) is 4. The van der Waals surface area contributed by atoms with E-state index in [2.05, 4.69) is 4.72 Å². The van der Waals surface area contributed by atoms with Crippen molar-refractivity contribution < 1.29 is 17.9 Å². The number of sulfonamides is 1. The van der Waals surface area contributed by atoms with E-state index in [0.29, 0.717) is 25.3 Å². The van der Waals surface area contributed by atoms with Crippen LogP contribution >= 0.6 is 0 Å². The number of para-hydroxylation sites is 1. The van der Waals surface area contributed by atoms with Crippen LogP contribution in [0.5, 0.6) is 5.75 Å². The largest absolute Gasteiger partial charge is 0.494 e. The average molecular weight is 401 g/mol. The number of anilines is 1. The van der Waals surface area contributed by atoms with Crippen molar-refractivity contribution in [1.82, 2.24) is 4.72 Å². The molecule has 7 heteroatoms. The SMILES string of the molecule is CCOc1ccccc1CNS(=O)(=O)c1ccc2c(c1)CCN2C(=O)C1CC1. The summed E-state index contributed by atoms with van der Waals surface area (Å²) < 4.78 is 33.8. The molecule has 2 aromatic carbocycles. The van der Waals surface area contributed by atoms with Gasteiger partial charge in [-0.3, -0.25) is 4.79 Å². The highest BCUT2D eigenvalue weighted by molar-refractivity contribution is 7.89. The molecule has 148 valence electrons. The smallest absolute Gasteiger partial charge is 0.240 e. The molecule has 1 N–H and O–H groups in total. The molecule has 0 bridgehead atoms. The van der Waals surface area contributed by atoms with E-state index in [-0.39, 0.29) is 23.3 Å². The number of nitrogens with zero attached hydrogens (tertiary/aromatic N) is 1. The first-order valence-electron chi connectivity index (χ1n) is 9.64. The van der Waals surface area contributed by atoms with Gasteiger partial charge in [0.25, 0.3) is 0 Å². The number of fused-ring (bicyclic) bond motifs is 1. The van der Waals surface area contributed by atoms with E-state index in [1.807, 2.05) is 31.2 Å². The van der Waals surface area contributed by atoms with Gasteiger partial charge in [-0.25, -0.2) is 13.1 Å². The second kappa shape index (κ2) is 7.56. The van der Waals surface area contributed by atoms with Crippen LogP contribution in [-0.2, 0) is 27.8 Å². The third-order valence-corrected chi connectivity index (χ3v) is 6.57. The minimum atomic E-state index is -3.66. The number of hydrogen-bond donors (Lipinski definition) is 1. The summed E-state index contributed by atoms with van der Waals surface area (Å²) in [5.41, 5.74) is 2.54. The van der Waals surface area contributed by atoms with Gasteiger partial charge in [0.2, 0.25) is 15.9 Å². The Morgan fingerprint density at radius 2 is 2.00 bits per heavy atom. The summed E-state index contributed by atoms with van der Waals surface area (Å²) >= 11 is 0. The van der Waals surface area contributed by atoms with Crippen LogP contribution in [0.15, 0.2) is 47.4 Å². The number of nitrogens with one attached hydrogen (secondary N) is 1. The van der Waals surface area contributed by atoms with E-state index < -0.39 is 10.0 Å². The van der Waals surface area contributed by atoms with Crippen molar-refractivity contribution in [3.8, 4) is 5.75 Å². The Hall–Kier alpha value is -2.38. The van der Waals surface area contributed by atoms with Crippen LogP contribution in [-0.4, -0.2) is 27.5 Å². The third-order valence-electron chi connectivity index (χ3n) is 5.17. The van der Waals surface area contributed by atoms with Crippen molar-refractivity contribution in [1.29, 1.82) is 0 Å². The van der Waals surface area contributed by atoms with Crippen molar-refractivity contribution >= 4 is 21.6 Å². The highest BCUT2D eigenvalue weighted by Crippen LogP contribution is 2.37. The monoisotopic (exact) mass is 400 g/mol. The van der Waals surface area contributed by atoms with Gasteiger partial charge in [-0.2, -0.15) is 0 Å². The lowest BCUT2D eigenvalue weighted by Crippen LogP contribution is -2.30. The maximum Gasteiger partial charge on any atom is 0.240 e. The fraction of sp³-hybridized carbons (Fsp3) is 0.381. The Morgan fingerprint density at radius 3 is 2.75 bits per heavy atom.